The molecule has 0 aliphatic heterocycles. The summed E-state index contributed by atoms with van der Waals surface area (Å²) >= 11 is 0. The molecule has 2 heteroatoms. The summed E-state index contributed by atoms with van der Waals surface area (Å²) in [5, 5.41) is 0. The fraction of sp³-hybridized carbons (Fsp3) is 0.235. The Kier molecular flexibility index (Phi) is 7.55. The molecule has 36 heavy (non-hydrogen) atoms. The lowest BCUT2D eigenvalue weighted by Crippen LogP contribution is -2.56. The van der Waals surface area contributed by atoms with Crippen LogP contribution in [-0.2, 0) is 0 Å². The molecule has 4 rings (SSSR count). The molecule has 0 saturated carbocycles. The van der Waals surface area contributed by atoms with Gasteiger partial charge in [-0.2, -0.15) is 0 Å². The van der Waals surface area contributed by atoms with Gasteiger partial charge in [-0.05, 0) is 64.8 Å². The van der Waals surface area contributed by atoms with E-state index in [-0.39, 0.29) is 6.71 Å². The van der Waals surface area contributed by atoms with Crippen molar-refractivity contribution in [2.75, 3.05) is 19.0 Å². The van der Waals surface area contributed by atoms with Crippen molar-refractivity contribution in [1.29, 1.82) is 0 Å². The van der Waals surface area contributed by atoms with Crippen molar-refractivity contribution in [3.05, 3.63) is 117 Å². The summed E-state index contributed by atoms with van der Waals surface area (Å²) in [6.07, 6.45) is 4.52. The molecule has 0 amide bonds. The third kappa shape index (κ3) is 5.33. The number of rotatable bonds is 6. The molecular formula is C34H38BN. The molecule has 0 saturated heterocycles. The molecular weight excluding hydrogens is 433 g/mol. The lowest BCUT2D eigenvalue weighted by Gasteiger charge is -2.25. The average Bonchev–Trinajstić information content (AvgIpc) is 2.81. The average molecular weight is 471 g/mol. The van der Waals surface area contributed by atoms with Gasteiger partial charge in [0.05, 0.1) is 0 Å². The number of anilines is 1. The summed E-state index contributed by atoms with van der Waals surface area (Å²) < 4.78 is 0. The zero-order valence-corrected chi connectivity index (χ0v) is 23.1. The van der Waals surface area contributed by atoms with Crippen LogP contribution >= 0.6 is 0 Å². The van der Waals surface area contributed by atoms with Crippen LogP contribution in [0.4, 0.5) is 5.69 Å². The van der Waals surface area contributed by atoms with E-state index in [1.165, 1.54) is 66.6 Å². The van der Waals surface area contributed by atoms with Gasteiger partial charge in [-0.15, -0.1) is 0 Å². The Balaban J connectivity index is 1.90. The zero-order chi connectivity index (χ0) is 26.0. The lowest BCUT2D eigenvalue weighted by atomic mass is 9.33. The standard InChI is InChI=1S/C34H38BN/c1-23-19-25(3)33(26(4)20-23)35(34-27(5)21-24(2)22-28(34)6)32-12-10-9-11-30(32)16-13-29-14-17-31(18-15-29)36(7)8/h9-22H,1-8H3/b16-13-. The maximum atomic E-state index is 2.33. The van der Waals surface area contributed by atoms with Crippen molar-refractivity contribution in [1.82, 2.24) is 0 Å². The van der Waals surface area contributed by atoms with Crippen LogP contribution in [0.25, 0.3) is 12.2 Å². The van der Waals surface area contributed by atoms with Gasteiger partial charge in [-0.3, -0.25) is 0 Å². The first kappa shape index (κ1) is 25.6. The van der Waals surface area contributed by atoms with E-state index in [0.29, 0.717) is 0 Å². The van der Waals surface area contributed by atoms with E-state index in [9.17, 15) is 0 Å². The Hall–Kier alpha value is -3.52. The molecule has 0 aromatic heterocycles. The summed E-state index contributed by atoms with van der Waals surface area (Å²) in [6, 6.07) is 27.0. The highest BCUT2D eigenvalue weighted by Crippen LogP contribution is 2.17. The lowest BCUT2D eigenvalue weighted by molar-refractivity contribution is 1.13. The van der Waals surface area contributed by atoms with E-state index in [1.54, 1.807) is 0 Å². The first-order chi connectivity index (χ1) is 17.2. The van der Waals surface area contributed by atoms with Crippen LogP contribution in [0, 0.1) is 41.5 Å². The van der Waals surface area contributed by atoms with E-state index in [0.717, 1.165) is 0 Å². The molecule has 4 aromatic rings. The van der Waals surface area contributed by atoms with Crippen molar-refractivity contribution in [2.45, 2.75) is 41.5 Å². The Morgan fingerprint density at radius 2 is 1.06 bits per heavy atom. The van der Waals surface area contributed by atoms with Gasteiger partial charge in [-0.1, -0.05) is 123 Å². The summed E-state index contributed by atoms with van der Waals surface area (Å²) in [7, 11) is 4.15. The minimum atomic E-state index is 0.170. The van der Waals surface area contributed by atoms with E-state index >= 15 is 0 Å². The third-order valence-corrected chi connectivity index (χ3v) is 7.23. The highest BCUT2D eigenvalue weighted by atomic mass is 15.1. The maximum absolute atomic E-state index is 2.33. The SMILES string of the molecule is Cc1cc(C)c(B(c2ccccc2/C=C\c2ccc(N(C)C)cc2)c2c(C)cc(C)cc2C)c(C)c1. The molecule has 0 fully saturated rings. The first-order valence-corrected chi connectivity index (χ1v) is 12.9. The van der Waals surface area contributed by atoms with Gasteiger partial charge in [0.15, 0.2) is 0 Å². The van der Waals surface area contributed by atoms with Gasteiger partial charge < -0.3 is 4.90 Å². The van der Waals surface area contributed by atoms with Crippen molar-refractivity contribution in [3.8, 4) is 0 Å². The molecule has 182 valence electrons. The molecule has 1 nitrogen and oxygen atoms in total. The normalized spacial score (nSPS) is 11.2. The Morgan fingerprint density at radius 1 is 0.583 bits per heavy atom. The van der Waals surface area contributed by atoms with Crippen LogP contribution < -0.4 is 21.3 Å². The predicted molar refractivity (Wildman–Crippen MR) is 162 cm³/mol. The second-order valence-corrected chi connectivity index (χ2v) is 10.5. The van der Waals surface area contributed by atoms with Crippen LogP contribution in [0.2, 0.25) is 0 Å². The second kappa shape index (κ2) is 10.6. The molecule has 0 aliphatic rings. The van der Waals surface area contributed by atoms with E-state index in [2.05, 4.69) is 145 Å². The second-order valence-electron chi connectivity index (χ2n) is 10.5. The summed E-state index contributed by atoms with van der Waals surface area (Å²) in [4.78, 5) is 2.13. The van der Waals surface area contributed by atoms with Crippen LogP contribution in [0.5, 0.6) is 0 Å². The van der Waals surface area contributed by atoms with Crippen LogP contribution in [-0.4, -0.2) is 20.8 Å². The largest absolute Gasteiger partial charge is 0.378 e. The molecule has 0 aliphatic carbocycles. The molecule has 0 spiro atoms. The quantitative estimate of drug-likeness (QED) is 0.236. The van der Waals surface area contributed by atoms with Crippen molar-refractivity contribution in [3.63, 3.8) is 0 Å². The van der Waals surface area contributed by atoms with Gasteiger partial charge >= 0.3 is 0 Å². The Bertz CT molecular complexity index is 1310. The monoisotopic (exact) mass is 471 g/mol. The minimum absolute atomic E-state index is 0.170. The van der Waals surface area contributed by atoms with Crippen molar-refractivity contribution >= 4 is 40.9 Å². The van der Waals surface area contributed by atoms with E-state index < -0.39 is 0 Å². The topological polar surface area (TPSA) is 3.24 Å². The highest BCUT2D eigenvalue weighted by Gasteiger charge is 2.29. The molecule has 0 heterocycles. The van der Waals surface area contributed by atoms with Crippen LogP contribution in [0.15, 0.2) is 72.8 Å². The molecule has 0 atom stereocenters. The van der Waals surface area contributed by atoms with Gasteiger partial charge in [-0.25, -0.2) is 0 Å². The Morgan fingerprint density at radius 3 is 1.53 bits per heavy atom. The fourth-order valence-corrected chi connectivity index (χ4v) is 5.74. The van der Waals surface area contributed by atoms with E-state index in [1.807, 2.05) is 0 Å². The van der Waals surface area contributed by atoms with Gasteiger partial charge in [0, 0.05) is 19.8 Å². The van der Waals surface area contributed by atoms with Gasteiger partial charge in [0.2, 0.25) is 6.71 Å². The number of hydrogen-bond acceptors (Lipinski definition) is 1. The summed E-state index contributed by atoms with van der Waals surface area (Å²) in [5.74, 6) is 0. The highest BCUT2D eigenvalue weighted by molar-refractivity contribution is 6.97. The molecule has 0 unspecified atom stereocenters. The number of hydrogen-bond donors (Lipinski definition) is 0. The number of benzene rings is 4. The summed E-state index contributed by atoms with van der Waals surface area (Å²) in [6.45, 7) is 13.6. The third-order valence-electron chi connectivity index (χ3n) is 7.23. The van der Waals surface area contributed by atoms with Crippen molar-refractivity contribution in [2.24, 2.45) is 0 Å². The van der Waals surface area contributed by atoms with Gasteiger partial charge in [0.25, 0.3) is 0 Å². The molecule has 0 radical (unpaired) electrons. The van der Waals surface area contributed by atoms with E-state index in [4.69, 9.17) is 0 Å². The Labute approximate surface area is 218 Å². The maximum Gasteiger partial charge on any atom is 0.243 e. The molecule has 0 bridgehead atoms. The smallest absolute Gasteiger partial charge is 0.243 e. The van der Waals surface area contributed by atoms with Crippen molar-refractivity contribution < 1.29 is 0 Å². The first-order valence-electron chi connectivity index (χ1n) is 12.9. The minimum Gasteiger partial charge on any atom is -0.378 e. The van der Waals surface area contributed by atoms with Crippen LogP contribution in [0.1, 0.15) is 44.5 Å². The van der Waals surface area contributed by atoms with Gasteiger partial charge in [0.1, 0.15) is 0 Å². The number of aryl methyl sites for hydroxylation is 6. The molecule has 4 aromatic carbocycles. The number of nitrogens with zero attached hydrogens (tertiary/aromatic N) is 1. The van der Waals surface area contributed by atoms with Crippen LogP contribution in [0.3, 0.4) is 0 Å². The zero-order valence-electron chi connectivity index (χ0n) is 23.1. The fourth-order valence-electron chi connectivity index (χ4n) is 5.74. The predicted octanol–water partition coefficient (Wildman–Crippen LogP) is 6.29. The molecule has 0 N–H and O–H groups in total. The summed E-state index contributed by atoms with van der Waals surface area (Å²) in [5.41, 5.74) is 15.9.